The Morgan fingerprint density at radius 1 is 0.426 bits per heavy atom. The van der Waals surface area contributed by atoms with Crippen molar-refractivity contribution >= 4 is 17.9 Å². The second kappa shape index (κ2) is 23.2. The largest absolute Gasteiger partial charge is 0.478 e. The van der Waals surface area contributed by atoms with Crippen LogP contribution in [-0.2, 0) is 51.4 Å². The molecule has 0 saturated heterocycles. The minimum atomic E-state index is -1.19. The van der Waals surface area contributed by atoms with Gasteiger partial charge in [0.15, 0.2) is 5.75 Å². The van der Waals surface area contributed by atoms with Gasteiger partial charge in [-0.25, -0.2) is 14.4 Å². The Morgan fingerprint density at radius 2 is 0.885 bits per heavy atom. The molecule has 11 nitrogen and oxygen atoms in total. The molecule has 2 N–H and O–H groups in total. The van der Waals surface area contributed by atoms with Crippen molar-refractivity contribution in [3.63, 3.8) is 0 Å². The normalized spacial score (nSPS) is 11.0. The second-order valence-electron chi connectivity index (χ2n) is 14.2. The maximum Gasteiger partial charge on any atom is 0.344 e. The minimum Gasteiger partial charge on any atom is -0.478 e. The fourth-order valence-corrected chi connectivity index (χ4v) is 6.46. The summed E-state index contributed by atoms with van der Waals surface area (Å²) < 4.78 is 22.5. The van der Waals surface area contributed by atoms with E-state index in [0.717, 1.165) is 33.4 Å². The number of carboxylic acid groups (broad SMARTS) is 2. The van der Waals surface area contributed by atoms with Crippen LogP contribution in [0.25, 0.3) is 0 Å². The van der Waals surface area contributed by atoms with E-state index in [-0.39, 0.29) is 23.3 Å². The Balaban J connectivity index is 0.794. The van der Waals surface area contributed by atoms with Crippen LogP contribution >= 0.6 is 0 Å². The molecule has 61 heavy (non-hydrogen) atoms. The first-order chi connectivity index (χ1) is 29.8. The van der Waals surface area contributed by atoms with Gasteiger partial charge in [-0.05, 0) is 107 Å². The number of aromatic carboxylic acids is 2. The summed E-state index contributed by atoms with van der Waals surface area (Å²) in [6.45, 7) is 2.77. The maximum absolute atomic E-state index is 12.9. The van der Waals surface area contributed by atoms with Crippen molar-refractivity contribution in [2.24, 2.45) is 0 Å². The van der Waals surface area contributed by atoms with Gasteiger partial charge in [0, 0.05) is 0 Å². The molecule has 11 heteroatoms. The Morgan fingerprint density at radius 3 is 1.41 bits per heavy atom. The van der Waals surface area contributed by atoms with Crippen molar-refractivity contribution in [2.45, 2.75) is 32.3 Å². The maximum atomic E-state index is 12.9. The fraction of sp³-hybridized carbons (Fsp3) is 0.220. The van der Waals surface area contributed by atoms with Crippen molar-refractivity contribution in [1.82, 2.24) is 0 Å². The zero-order chi connectivity index (χ0) is 42.7. The molecule has 0 spiro atoms. The summed E-state index contributed by atoms with van der Waals surface area (Å²) in [4.78, 5) is 47.6. The third-order valence-electron chi connectivity index (χ3n) is 9.68. The second-order valence-corrected chi connectivity index (χ2v) is 14.2. The van der Waals surface area contributed by atoms with Crippen LogP contribution in [0.3, 0.4) is 0 Å². The van der Waals surface area contributed by atoms with Crippen molar-refractivity contribution < 1.29 is 53.3 Å². The monoisotopic (exact) mass is 824 g/mol. The highest BCUT2D eigenvalue weighted by molar-refractivity contribution is 6.03. The molecule has 0 unspecified atom stereocenters. The first-order valence-electron chi connectivity index (χ1n) is 20.0. The molecule has 0 aliphatic rings. The van der Waals surface area contributed by atoms with Gasteiger partial charge in [-0.1, -0.05) is 103 Å². The highest BCUT2D eigenvalue weighted by atomic mass is 17.2. The Kier molecular flexibility index (Phi) is 16.7. The van der Waals surface area contributed by atoms with E-state index in [4.69, 9.17) is 28.7 Å². The Bertz CT molecular complexity index is 2310. The van der Waals surface area contributed by atoms with Gasteiger partial charge >= 0.3 is 17.9 Å². The first-order valence-corrected chi connectivity index (χ1v) is 20.0. The number of carbonyl (C=O) groups excluding carboxylic acids is 1. The molecular formula is C50H48O11. The molecule has 0 bridgehead atoms. The molecule has 6 aromatic carbocycles. The predicted molar refractivity (Wildman–Crippen MR) is 228 cm³/mol. The number of benzene rings is 6. The predicted octanol–water partition coefficient (Wildman–Crippen LogP) is 8.83. The molecular weight excluding hydrogens is 777 g/mol. The minimum absolute atomic E-state index is 0.00805. The summed E-state index contributed by atoms with van der Waals surface area (Å²) >= 11 is 0. The average Bonchev–Trinajstić information content (AvgIpc) is 3.27. The van der Waals surface area contributed by atoms with Crippen molar-refractivity contribution in [1.29, 1.82) is 0 Å². The molecule has 0 atom stereocenters. The third-order valence-corrected chi connectivity index (χ3v) is 9.68. The van der Waals surface area contributed by atoms with Gasteiger partial charge in [0.2, 0.25) is 0 Å². The summed E-state index contributed by atoms with van der Waals surface area (Å²) in [7, 11) is 0. The Labute approximate surface area is 355 Å². The number of carboxylic acids is 2. The molecule has 6 aromatic rings. The van der Waals surface area contributed by atoms with Crippen LogP contribution in [0.15, 0.2) is 146 Å². The van der Waals surface area contributed by atoms with Crippen LogP contribution in [0.5, 0.6) is 11.5 Å². The quantitative estimate of drug-likeness (QED) is 0.0198. The summed E-state index contributed by atoms with van der Waals surface area (Å²) in [5.74, 6) is -2.12. The topological polar surface area (TPSA) is 147 Å². The molecule has 314 valence electrons. The van der Waals surface area contributed by atoms with E-state index in [1.807, 2.05) is 91.0 Å². The van der Waals surface area contributed by atoms with E-state index in [2.05, 4.69) is 0 Å². The standard InChI is InChI=1S/C50H48O11/c51-48(52)46-33-40(31-38-7-3-1-4-8-38)11-17-42(46)35-59-61-44-20-14-37(15-21-44)24-26-57-28-30-58-29-27-56-25-23-36-12-18-43(19-13-36)60-50(55)45-22-16-41(34-47(45)49(53)54)32-39-9-5-2-6-10-39/h1-22,33-34H,23-32,35H2,(H,51,52)(H,53,54). The summed E-state index contributed by atoms with van der Waals surface area (Å²) in [6.07, 6.45) is 2.55. The van der Waals surface area contributed by atoms with Crippen LogP contribution in [0.4, 0.5) is 0 Å². The number of rotatable bonds is 24. The number of esters is 1. The van der Waals surface area contributed by atoms with Gasteiger partial charge in [0.05, 0.1) is 56.3 Å². The van der Waals surface area contributed by atoms with Gasteiger partial charge in [-0.15, -0.1) is 0 Å². The summed E-state index contributed by atoms with van der Waals surface area (Å²) in [6, 6.07) is 44.2. The molecule has 0 aliphatic heterocycles. The molecule has 0 aromatic heterocycles. The van der Waals surface area contributed by atoms with Gasteiger partial charge in [-0.3, -0.25) is 0 Å². The SMILES string of the molecule is O=C(O)c1cc(Cc2ccccc2)ccc1COOc1ccc(CCOCCOCCOCCc2ccc(OC(=O)c3ccc(Cc4ccccc4)cc3C(=O)O)cc2)cc1. The number of carbonyl (C=O) groups is 3. The van der Waals surface area contributed by atoms with Gasteiger partial charge < -0.3 is 34.0 Å². The lowest BCUT2D eigenvalue weighted by Gasteiger charge is -2.10. The van der Waals surface area contributed by atoms with Gasteiger partial charge in [0.1, 0.15) is 12.4 Å². The lowest BCUT2D eigenvalue weighted by Crippen LogP contribution is -2.14. The fourth-order valence-electron chi connectivity index (χ4n) is 6.46. The molecule has 0 fully saturated rings. The van der Waals surface area contributed by atoms with Gasteiger partial charge in [0.25, 0.3) is 0 Å². The van der Waals surface area contributed by atoms with Crippen LogP contribution in [0.2, 0.25) is 0 Å². The third kappa shape index (κ3) is 14.3. The van der Waals surface area contributed by atoms with Crippen molar-refractivity contribution in [3.8, 4) is 11.5 Å². The van der Waals surface area contributed by atoms with Crippen LogP contribution in [0.1, 0.15) is 70.0 Å². The zero-order valence-electron chi connectivity index (χ0n) is 33.7. The molecule has 0 amide bonds. The molecule has 0 heterocycles. The molecule has 0 saturated carbocycles. The summed E-state index contributed by atoms with van der Waals surface area (Å²) in [5, 5.41) is 19.5. The van der Waals surface area contributed by atoms with Crippen LogP contribution in [0, 0.1) is 0 Å². The van der Waals surface area contributed by atoms with E-state index in [0.29, 0.717) is 82.4 Å². The lowest BCUT2D eigenvalue weighted by atomic mass is 9.99. The van der Waals surface area contributed by atoms with E-state index >= 15 is 0 Å². The molecule has 6 rings (SSSR count). The average molecular weight is 825 g/mol. The Hall–Kier alpha value is -6.63. The van der Waals surface area contributed by atoms with E-state index in [1.54, 1.807) is 42.5 Å². The zero-order valence-corrected chi connectivity index (χ0v) is 33.7. The highest BCUT2D eigenvalue weighted by Gasteiger charge is 2.20. The van der Waals surface area contributed by atoms with Gasteiger partial charge in [-0.2, -0.15) is 4.89 Å². The van der Waals surface area contributed by atoms with Crippen LogP contribution < -0.4 is 9.62 Å². The van der Waals surface area contributed by atoms with Crippen molar-refractivity contribution in [2.75, 3.05) is 39.6 Å². The van der Waals surface area contributed by atoms with E-state index in [1.165, 1.54) is 12.1 Å². The number of hydrogen-bond donors (Lipinski definition) is 2. The smallest absolute Gasteiger partial charge is 0.344 e. The van der Waals surface area contributed by atoms with Crippen LogP contribution in [-0.4, -0.2) is 67.8 Å². The highest BCUT2D eigenvalue weighted by Crippen LogP contribution is 2.21. The summed E-state index contributed by atoms with van der Waals surface area (Å²) in [5.41, 5.74) is 6.50. The molecule has 0 aliphatic carbocycles. The van der Waals surface area contributed by atoms with E-state index in [9.17, 15) is 24.6 Å². The van der Waals surface area contributed by atoms with Crippen molar-refractivity contribution in [3.05, 3.63) is 201 Å². The first kappa shape index (κ1) is 43.9. The lowest BCUT2D eigenvalue weighted by molar-refractivity contribution is -0.217. The number of hydrogen-bond acceptors (Lipinski definition) is 9. The number of ether oxygens (including phenoxy) is 4. The van der Waals surface area contributed by atoms with E-state index < -0.39 is 17.9 Å². The molecule has 0 radical (unpaired) electrons.